The summed E-state index contributed by atoms with van der Waals surface area (Å²) in [6.07, 6.45) is -1.15. The number of halogens is 4. The Hall–Kier alpha value is -3.93. The van der Waals surface area contributed by atoms with Gasteiger partial charge in [-0.05, 0) is 54.3 Å². The number of aromatic nitrogens is 3. The molecule has 192 valence electrons. The lowest BCUT2D eigenvalue weighted by atomic mass is 9.97. The molecular formula is C25H20F4N4O3S. The van der Waals surface area contributed by atoms with Crippen molar-refractivity contribution in [2.45, 2.75) is 19.0 Å². The summed E-state index contributed by atoms with van der Waals surface area (Å²) in [5, 5.41) is 28.0. The third kappa shape index (κ3) is 5.01. The van der Waals surface area contributed by atoms with Crippen molar-refractivity contribution < 1.29 is 32.6 Å². The molecule has 1 saturated heterocycles. The Kier molecular flexibility index (Phi) is 6.36. The smallest absolute Gasteiger partial charge is 0.417 e. The Balaban J connectivity index is 1.62. The Bertz CT molecular complexity index is 1500. The zero-order chi connectivity index (χ0) is 26.3. The van der Waals surface area contributed by atoms with Crippen molar-refractivity contribution in [3.63, 3.8) is 0 Å². The number of nitrogens with one attached hydrogen (secondary N) is 1. The highest BCUT2D eigenvalue weighted by Crippen LogP contribution is 2.42. The van der Waals surface area contributed by atoms with E-state index in [9.17, 15) is 32.6 Å². The molecule has 12 heteroatoms. The molecule has 2 aromatic carbocycles. The van der Waals surface area contributed by atoms with E-state index in [1.54, 1.807) is 24.4 Å². The summed E-state index contributed by atoms with van der Waals surface area (Å²) in [5.41, 5.74) is 0.0712. The Morgan fingerprint density at radius 2 is 1.92 bits per heavy atom. The number of fused-ring (bicyclic) bond motifs is 1. The van der Waals surface area contributed by atoms with Gasteiger partial charge < -0.3 is 15.1 Å². The fraction of sp³-hybridized carbons (Fsp3) is 0.240. The van der Waals surface area contributed by atoms with Crippen LogP contribution in [0.1, 0.15) is 34.4 Å². The van der Waals surface area contributed by atoms with Crippen LogP contribution in [-0.2, 0) is 11.0 Å². The van der Waals surface area contributed by atoms with Crippen LogP contribution in [0.2, 0.25) is 0 Å². The molecule has 0 bridgehead atoms. The SMILES string of the molecule is O=C(O)C1CCN(c2nc(O)c(C(=Cc3ccc(F)cc3C(F)(F)F)c3ccc4[nH]ncc4c3)s2)CC1. The number of H-pyrrole nitrogens is 1. The second-order valence-electron chi connectivity index (χ2n) is 8.71. The van der Waals surface area contributed by atoms with E-state index in [1.807, 2.05) is 4.90 Å². The van der Waals surface area contributed by atoms with Crippen LogP contribution in [0.3, 0.4) is 0 Å². The lowest BCUT2D eigenvalue weighted by Gasteiger charge is -2.29. The molecule has 0 atom stereocenters. The first-order valence-electron chi connectivity index (χ1n) is 11.3. The van der Waals surface area contributed by atoms with Gasteiger partial charge in [0.05, 0.1) is 23.2 Å². The van der Waals surface area contributed by atoms with Gasteiger partial charge >= 0.3 is 12.1 Å². The first-order chi connectivity index (χ1) is 17.6. The van der Waals surface area contributed by atoms with E-state index >= 15 is 0 Å². The second-order valence-corrected chi connectivity index (χ2v) is 9.69. The summed E-state index contributed by atoms with van der Waals surface area (Å²) >= 11 is 1.09. The van der Waals surface area contributed by atoms with Crippen LogP contribution < -0.4 is 4.90 Å². The number of rotatable bonds is 5. The highest BCUT2D eigenvalue weighted by Gasteiger charge is 2.34. The lowest BCUT2D eigenvalue weighted by Crippen LogP contribution is -2.36. The van der Waals surface area contributed by atoms with E-state index in [1.165, 1.54) is 6.08 Å². The number of carboxylic acids is 1. The van der Waals surface area contributed by atoms with E-state index in [2.05, 4.69) is 15.2 Å². The molecule has 1 fully saturated rings. The van der Waals surface area contributed by atoms with Crippen molar-refractivity contribution in [3.05, 3.63) is 70.0 Å². The number of aromatic hydroxyl groups is 1. The molecule has 0 unspecified atom stereocenters. The second kappa shape index (κ2) is 9.51. The molecule has 0 spiro atoms. The quantitative estimate of drug-likeness (QED) is 0.223. The van der Waals surface area contributed by atoms with Gasteiger partial charge in [0.25, 0.3) is 0 Å². The molecule has 1 aliphatic rings. The summed E-state index contributed by atoms with van der Waals surface area (Å²) in [6.45, 7) is 0.832. The van der Waals surface area contributed by atoms with Crippen molar-refractivity contribution in [1.29, 1.82) is 0 Å². The summed E-state index contributed by atoms with van der Waals surface area (Å²) in [4.78, 5) is 17.6. The zero-order valence-corrected chi connectivity index (χ0v) is 19.9. The minimum atomic E-state index is -4.80. The number of hydrogen-bond acceptors (Lipinski definition) is 6. The van der Waals surface area contributed by atoms with Crippen molar-refractivity contribution in [2.24, 2.45) is 5.92 Å². The van der Waals surface area contributed by atoms with Gasteiger partial charge in [0.2, 0.25) is 5.88 Å². The minimum absolute atomic E-state index is 0.232. The number of benzene rings is 2. The third-order valence-corrected chi connectivity index (χ3v) is 7.47. The molecule has 5 rings (SSSR count). The maximum atomic E-state index is 13.7. The number of thiazole rings is 1. The van der Waals surface area contributed by atoms with Crippen molar-refractivity contribution in [1.82, 2.24) is 15.2 Å². The topological polar surface area (TPSA) is 102 Å². The lowest BCUT2D eigenvalue weighted by molar-refractivity contribution is -0.142. The number of aromatic amines is 1. The number of anilines is 1. The van der Waals surface area contributed by atoms with Gasteiger partial charge in [0.1, 0.15) is 10.7 Å². The van der Waals surface area contributed by atoms with Gasteiger partial charge in [0, 0.05) is 24.0 Å². The van der Waals surface area contributed by atoms with E-state index in [4.69, 9.17) is 0 Å². The summed E-state index contributed by atoms with van der Waals surface area (Å²) in [5.74, 6) is -2.70. The molecule has 37 heavy (non-hydrogen) atoms. The van der Waals surface area contributed by atoms with Crippen molar-refractivity contribution >= 4 is 45.0 Å². The molecule has 3 heterocycles. The molecule has 2 aromatic heterocycles. The van der Waals surface area contributed by atoms with Crippen molar-refractivity contribution in [2.75, 3.05) is 18.0 Å². The number of carboxylic acid groups (broad SMARTS) is 1. The maximum absolute atomic E-state index is 13.7. The van der Waals surface area contributed by atoms with E-state index < -0.39 is 29.4 Å². The highest BCUT2D eigenvalue weighted by atomic mass is 32.1. The first kappa shape index (κ1) is 24.8. The zero-order valence-electron chi connectivity index (χ0n) is 19.1. The maximum Gasteiger partial charge on any atom is 0.417 e. The monoisotopic (exact) mass is 532 g/mol. The standard InChI is InChI=1S/C25H20F4N4O3S/c26-17-3-1-15(19(11-17)25(27,28)29)10-18(14-2-4-20-16(9-14)12-30-32-20)21-22(34)31-24(37-21)33-7-5-13(6-8-33)23(35)36/h1-4,9-13,34H,5-8H2,(H,30,32)(H,35,36). The average molecular weight is 533 g/mol. The van der Waals surface area contributed by atoms with Crippen LogP contribution in [0.5, 0.6) is 5.88 Å². The molecule has 4 aromatic rings. The van der Waals surface area contributed by atoms with Gasteiger partial charge in [0.15, 0.2) is 5.13 Å². The summed E-state index contributed by atoms with van der Waals surface area (Å²) in [6, 6.07) is 7.55. The normalized spacial score (nSPS) is 15.5. The van der Waals surface area contributed by atoms with E-state index in [0.29, 0.717) is 48.1 Å². The van der Waals surface area contributed by atoms with Gasteiger partial charge in [-0.2, -0.15) is 23.3 Å². The molecule has 1 aliphatic heterocycles. The molecule has 0 radical (unpaired) electrons. The third-order valence-electron chi connectivity index (χ3n) is 6.33. The van der Waals surface area contributed by atoms with Gasteiger partial charge in [-0.15, -0.1) is 0 Å². The fourth-order valence-corrected chi connectivity index (χ4v) is 5.43. The predicted molar refractivity (Wildman–Crippen MR) is 131 cm³/mol. The van der Waals surface area contributed by atoms with Crippen LogP contribution in [-0.4, -0.2) is 44.5 Å². The first-order valence-corrected chi connectivity index (χ1v) is 12.1. The number of carbonyl (C=O) groups is 1. The van der Waals surface area contributed by atoms with Gasteiger partial charge in [-0.25, -0.2) is 4.39 Å². The summed E-state index contributed by atoms with van der Waals surface area (Å²) < 4.78 is 55.0. The number of piperidine rings is 1. The summed E-state index contributed by atoms with van der Waals surface area (Å²) in [7, 11) is 0. The minimum Gasteiger partial charge on any atom is -0.492 e. The average Bonchev–Trinajstić information content (AvgIpc) is 3.48. The number of hydrogen-bond donors (Lipinski definition) is 3. The molecular weight excluding hydrogens is 512 g/mol. The Labute approximate surface area is 211 Å². The Morgan fingerprint density at radius 3 is 2.62 bits per heavy atom. The van der Waals surface area contributed by atoms with Crippen LogP contribution in [0, 0.1) is 11.7 Å². The van der Waals surface area contributed by atoms with E-state index in [0.717, 1.165) is 29.0 Å². The van der Waals surface area contributed by atoms with Gasteiger partial charge in [-0.1, -0.05) is 23.5 Å². The van der Waals surface area contributed by atoms with Crippen LogP contribution >= 0.6 is 11.3 Å². The molecule has 0 aliphatic carbocycles. The largest absolute Gasteiger partial charge is 0.492 e. The van der Waals surface area contributed by atoms with Crippen LogP contribution in [0.15, 0.2) is 42.6 Å². The fourth-order valence-electron chi connectivity index (χ4n) is 4.38. The number of aliphatic carboxylic acids is 1. The molecule has 3 N–H and O–H groups in total. The Morgan fingerprint density at radius 1 is 1.16 bits per heavy atom. The molecule has 0 saturated carbocycles. The predicted octanol–water partition coefficient (Wildman–Crippen LogP) is 5.77. The number of alkyl halides is 3. The van der Waals surface area contributed by atoms with Crippen LogP contribution in [0.4, 0.5) is 22.7 Å². The highest BCUT2D eigenvalue weighted by molar-refractivity contribution is 7.17. The molecule has 0 amide bonds. The van der Waals surface area contributed by atoms with E-state index in [-0.39, 0.29) is 21.9 Å². The molecule has 7 nitrogen and oxygen atoms in total. The van der Waals surface area contributed by atoms with Gasteiger partial charge in [-0.3, -0.25) is 9.89 Å². The van der Waals surface area contributed by atoms with Crippen LogP contribution in [0.25, 0.3) is 22.6 Å². The van der Waals surface area contributed by atoms with Crippen molar-refractivity contribution in [3.8, 4) is 5.88 Å². The number of nitrogens with zero attached hydrogens (tertiary/aromatic N) is 3.